The summed E-state index contributed by atoms with van der Waals surface area (Å²) in [5.74, 6) is -0.733. The average molecular weight is 252 g/mol. The van der Waals surface area contributed by atoms with Crippen molar-refractivity contribution in [3.63, 3.8) is 0 Å². The lowest BCUT2D eigenvalue weighted by Crippen LogP contribution is -2.38. The highest BCUT2D eigenvalue weighted by Gasteiger charge is 2.27. The number of hydrogen-bond acceptors (Lipinski definition) is 3. The Hall–Kier alpha value is -2.05. The van der Waals surface area contributed by atoms with E-state index in [1.54, 1.807) is 17.3 Å². The number of H-pyrrole nitrogens is 1. The fourth-order valence-electron chi connectivity index (χ4n) is 2.09. The molecule has 0 aromatic carbocycles. The number of likely N-dealkylation sites (tertiary alicyclic amines) is 1. The minimum Gasteiger partial charge on any atom is -0.481 e. The molecule has 1 aliphatic rings. The van der Waals surface area contributed by atoms with Crippen molar-refractivity contribution in [1.82, 2.24) is 20.4 Å². The van der Waals surface area contributed by atoms with Crippen molar-refractivity contribution < 1.29 is 14.7 Å². The largest absolute Gasteiger partial charge is 0.481 e. The number of carbonyl (C=O) groups excluding carboxylic acids is 1. The molecule has 1 fully saturated rings. The van der Waals surface area contributed by atoms with Crippen LogP contribution >= 0.6 is 0 Å². The first-order valence-electron chi connectivity index (χ1n) is 5.87. The number of carbonyl (C=O) groups is 2. The summed E-state index contributed by atoms with van der Waals surface area (Å²) in [5.41, 5.74) is 0.907. The van der Waals surface area contributed by atoms with Gasteiger partial charge in [0.25, 0.3) is 0 Å². The van der Waals surface area contributed by atoms with Gasteiger partial charge in [0.05, 0.1) is 6.20 Å². The molecule has 1 aliphatic heterocycles. The number of hydrogen-bond donors (Lipinski definition) is 3. The van der Waals surface area contributed by atoms with Crippen molar-refractivity contribution in [3.05, 3.63) is 18.0 Å². The zero-order valence-electron chi connectivity index (χ0n) is 9.93. The van der Waals surface area contributed by atoms with Crippen molar-refractivity contribution in [2.75, 3.05) is 13.1 Å². The number of rotatable bonds is 4. The highest BCUT2D eigenvalue weighted by Crippen LogP contribution is 2.19. The molecular formula is C11H16N4O3. The molecule has 0 saturated carbocycles. The van der Waals surface area contributed by atoms with E-state index < -0.39 is 5.97 Å². The van der Waals surface area contributed by atoms with E-state index in [1.165, 1.54) is 0 Å². The maximum absolute atomic E-state index is 11.8. The molecule has 0 spiro atoms. The molecule has 1 unspecified atom stereocenters. The second kappa shape index (κ2) is 5.52. The molecule has 18 heavy (non-hydrogen) atoms. The first-order chi connectivity index (χ1) is 8.65. The Labute approximate surface area is 104 Å². The summed E-state index contributed by atoms with van der Waals surface area (Å²) >= 11 is 0. The SMILES string of the molecule is O=C(O)CC1CCN(C(=O)NCc2cn[nH]c2)C1. The highest BCUT2D eigenvalue weighted by molar-refractivity contribution is 5.74. The van der Waals surface area contributed by atoms with Crippen LogP contribution in [0, 0.1) is 5.92 Å². The third-order valence-electron chi connectivity index (χ3n) is 3.03. The molecule has 3 N–H and O–H groups in total. The number of nitrogens with one attached hydrogen (secondary N) is 2. The van der Waals surface area contributed by atoms with Gasteiger partial charge in [-0.05, 0) is 12.3 Å². The fourth-order valence-corrected chi connectivity index (χ4v) is 2.09. The maximum Gasteiger partial charge on any atom is 0.317 e. The van der Waals surface area contributed by atoms with Gasteiger partial charge in [-0.2, -0.15) is 5.10 Å². The van der Waals surface area contributed by atoms with Gasteiger partial charge >= 0.3 is 12.0 Å². The number of amides is 2. The smallest absolute Gasteiger partial charge is 0.317 e. The van der Waals surface area contributed by atoms with Gasteiger partial charge in [-0.25, -0.2) is 4.79 Å². The van der Waals surface area contributed by atoms with Crippen LogP contribution in [0.5, 0.6) is 0 Å². The summed E-state index contributed by atoms with van der Waals surface area (Å²) in [7, 11) is 0. The van der Waals surface area contributed by atoms with Gasteiger partial charge in [0.2, 0.25) is 0 Å². The Morgan fingerprint density at radius 2 is 2.44 bits per heavy atom. The zero-order valence-corrected chi connectivity index (χ0v) is 9.93. The van der Waals surface area contributed by atoms with Crippen molar-refractivity contribution in [2.45, 2.75) is 19.4 Å². The number of carboxylic acids is 1. The normalized spacial score (nSPS) is 18.9. The summed E-state index contributed by atoms with van der Waals surface area (Å²) in [4.78, 5) is 24.1. The standard InChI is InChI=1S/C11H16N4O3/c16-10(17)3-8-1-2-15(7-8)11(18)12-4-9-5-13-14-6-9/h5-6,8H,1-4,7H2,(H,12,18)(H,13,14)(H,16,17). The summed E-state index contributed by atoms with van der Waals surface area (Å²) in [5, 5.41) is 17.9. The number of nitrogens with zero attached hydrogens (tertiary/aromatic N) is 2. The quantitative estimate of drug-likeness (QED) is 0.723. The number of urea groups is 1. The minimum absolute atomic E-state index is 0.0715. The molecule has 2 heterocycles. The highest BCUT2D eigenvalue weighted by atomic mass is 16.4. The Morgan fingerprint density at radius 3 is 3.11 bits per heavy atom. The molecule has 2 amide bonds. The van der Waals surface area contributed by atoms with E-state index in [2.05, 4.69) is 15.5 Å². The van der Waals surface area contributed by atoms with Gasteiger partial charge in [-0.3, -0.25) is 9.89 Å². The predicted octanol–water partition coefficient (Wildman–Crippen LogP) is 0.416. The van der Waals surface area contributed by atoms with E-state index in [1.807, 2.05) is 0 Å². The summed E-state index contributed by atoms with van der Waals surface area (Å²) in [6.07, 6.45) is 4.26. The van der Waals surface area contributed by atoms with Crippen LogP contribution < -0.4 is 5.32 Å². The van der Waals surface area contributed by atoms with E-state index in [-0.39, 0.29) is 18.4 Å². The molecule has 1 atom stereocenters. The Morgan fingerprint density at radius 1 is 1.61 bits per heavy atom. The molecule has 7 nitrogen and oxygen atoms in total. The van der Waals surface area contributed by atoms with Crippen LogP contribution in [0.2, 0.25) is 0 Å². The predicted molar refractivity (Wildman–Crippen MR) is 62.8 cm³/mol. The minimum atomic E-state index is -0.805. The monoisotopic (exact) mass is 252 g/mol. The van der Waals surface area contributed by atoms with E-state index in [0.717, 1.165) is 12.0 Å². The van der Waals surface area contributed by atoms with Gasteiger partial charge in [-0.15, -0.1) is 0 Å². The summed E-state index contributed by atoms with van der Waals surface area (Å²) in [6, 6.07) is -0.149. The third-order valence-corrected chi connectivity index (χ3v) is 3.03. The number of carboxylic acid groups (broad SMARTS) is 1. The van der Waals surface area contributed by atoms with Crippen LogP contribution in [0.4, 0.5) is 4.79 Å². The Balaban J connectivity index is 1.75. The van der Waals surface area contributed by atoms with E-state index in [9.17, 15) is 9.59 Å². The van der Waals surface area contributed by atoms with Crippen LogP contribution in [-0.4, -0.2) is 45.3 Å². The molecule has 98 valence electrons. The number of aromatic nitrogens is 2. The van der Waals surface area contributed by atoms with Crippen LogP contribution in [0.15, 0.2) is 12.4 Å². The molecule has 1 saturated heterocycles. The summed E-state index contributed by atoms with van der Waals surface area (Å²) < 4.78 is 0. The number of aromatic amines is 1. The van der Waals surface area contributed by atoms with Crippen molar-refractivity contribution in [1.29, 1.82) is 0 Å². The van der Waals surface area contributed by atoms with Crippen molar-refractivity contribution in [3.8, 4) is 0 Å². The maximum atomic E-state index is 11.8. The van der Waals surface area contributed by atoms with Crippen molar-refractivity contribution in [2.24, 2.45) is 5.92 Å². The molecule has 2 rings (SSSR count). The fraction of sp³-hybridized carbons (Fsp3) is 0.545. The lowest BCUT2D eigenvalue weighted by molar-refractivity contribution is -0.138. The second-order valence-electron chi connectivity index (χ2n) is 4.46. The zero-order chi connectivity index (χ0) is 13.0. The van der Waals surface area contributed by atoms with Gasteiger partial charge in [0.15, 0.2) is 0 Å². The van der Waals surface area contributed by atoms with Gasteiger partial charge in [0, 0.05) is 37.8 Å². The molecule has 7 heteroatoms. The molecule has 1 aromatic heterocycles. The van der Waals surface area contributed by atoms with Gasteiger partial charge < -0.3 is 15.3 Å². The van der Waals surface area contributed by atoms with E-state index in [4.69, 9.17) is 5.11 Å². The topological polar surface area (TPSA) is 98.3 Å². The first kappa shape index (κ1) is 12.4. The van der Waals surface area contributed by atoms with E-state index >= 15 is 0 Å². The average Bonchev–Trinajstić information content (AvgIpc) is 2.95. The van der Waals surface area contributed by atoms with Crippen LogP contribution in [0.1, 0.15) is 18.4 Å². The van der Waals surface area contributed by atoms with Crippen LogP contribution in [0.25, 0.3) is 0 Å². The lowest BCUT2D eigenvalue weighted by atomic mass is 10.1. The Bertz CT molecular complexity index is 418. The molecule has 0 radical (unpaired) electrons. The van der Waals surface area contributed by atoms with Crippen LogP contribution in [0.3, 0.4) is 0 Å². The molecule has 0 aliphatic carbocycles. The van der Waals surface area contributed by atoms with Crippen molar-refractivity contribution >= 4 is 12.0 Å². The van der Waals surface area contributed by atoms with Crippen LogP contribution in [-0.2, 0) is 11.3 Å². The lowest BCUT2D eigenvalue weighted by Gasteiger charge is -2.16. The van der Waals surface area contributed by atoms with Gasteiger partial charge in [0.1, 0.15) is 0 Å². The Kier molecular flexibility index (Phi) is 3.81. The number of aliphatic carboxylic acids is 1. The molecule has 0 bridgehead atoms. The summed E-state index contributed by atoms with van der Waals surface area (Å²) in [6.45, 7) is 1.56. The van der Waals surface area contributed by atoms with Gasteiger partial charge in [-0.1, -0.05) is 0 Å². The third kappa shape index (κ3) is 3.22. The molecular weight excluding hydrogens is 236 g/mol. The first-order valence-corrected chi connectivity index (χ1v) is 5.87. The van der Waals surface area contributed by atoms with E-state index in [0.29, 0.717) is 19.6 Å². The second-order valence-corrected chi connectivity index (χ2v) is 4.46. The molecule has 1 aromatic rings.